The van der Waals surface area contributed by atoms with Crippen LogP contribution in [-0.4, -0.2) is 19.8 Å². The summed E-state index contributed by atoms with van der Waals surface area (Å²) < 4.78 is 11.2. The molecular formula is C13H19NO3. The number of hydrogen-bond acceptors (Lipinski definition) is 4. The molecule has 0 spiro atoms. The lowest BCUT2D eigenvalue weighted by molar-refractivity contribution is 0.116. The van der Waals surface area contributed by atoms with E-state index in [0.29, 0.717) is 12.7 Å². The summed E-state index contributed by atoms with van der Waals surface area (Å²) >= 11 is 0. The zero-order chi connectivity index (χ0) is 12.1. The van der Waals surface area contributed by atoms with Crippen molar-refractivity contribution >= 4 is 0 Å². The van der Waals surface area contributed by atoms with Crippen molar-refractivity contribution in [3.63, 3.8) is 0 Å². The molecule has 17 heavy (non-hydrogen) atoms. The highest BCUT2D eigenvalue weighted by atomic mass is 16.6. The van der Waals surface area contributed by atoms with Gasteiger partial charge in [0, 0.05) is 0 Å². The maximum atomic E-state index is 5.85. The van der Waals surface area contributed by atoms with Crippen molar-refractivity contribution in [3.05, 3.63) is 23.8 Å². The Morgan fingerprint density at radius 3 is 2.71 bits per heavy atom. The Hall–Kier alpha value is -1.26. The van der Waals surface area contributed by atoms with Crippen LogP contribution in [0.3, 0.4) is 0 Å². The second kappa shape index (κ2) is 5.89. The van der Waals surface area contributed by atoms with E-state index in [1.807, 2.05) is 18.2 Å². The minimum Gasteiger partial charge on any atom is -0.493 e. The summed E-state index contributed by atoms with van der Waals surface area (Å²) in [5, 5.41) is 0. The minimum absolute atomic E-state index is 0.363. The molecule has 94 valence electrons. The van der Waals surface area contributed by atoms with Gasteiger partial charge in [0.1, 0.15) is 0 Å². The van der Waals surface area contributed by atoms with Gasteiger partial charge < -0.3 is 14.3 Å². The van der Waals surface area contributed by atoms with Gasteiger partial charge in [-0.15, -0.1) is 0 Å². The van der Waals surface area contributed by atoms with E-state index >= 15 is 0 Å². The van der Waals surface area contributed by atoms with Crippen molar-refractivity contribution in [1.82, 2.24) is 0 Å². The fourth-order valence-corrected chi connectivity index (χ4v) is 1.81. The van der Waals surface area contributed by atoms with Crippen LogP contribution in [0.4, 0.5) is 0 Å². The first-order chi connectivity index (χ1) is 8.33. The highest BCUT2D eigenvalue weighted by Gasteiger charge is 2.20. The highest BCUT2D eigenvalue weighted by molar-refractivity contribution is 5.43. The SMILES string of the molecule is COc1cc(CCON)ccc1OC1CCC1. The Morgan fingerprint density at radius 1 is 1.29 bits per heavy atom. The van der Waals surface area contributed by atoms with Crippen LogP contribution in [0.5, 0.6) is 11.5 Å². The summed E-state index contributed by atoms with van der Waals surface area (Å²) in [4.78, 5) is 4.57. The Morgan fingerprint density at radius 2 is 2.12 bits per heavy atom. The molecule has 1 aromatic carbocycles. The molecule has 2 N–H and O–H groups in total. The second-order valence-corrected chi connectivity index (χ2v) is 4.28. The summed E-state index contributed by atoms with van der Waals surface area (Å²) in [5.74, 6) is 6.62. The van der Waals surface area contributed by atoms with Crippen LogP contribution in [0.2, 0.25) is 0 Å². The Labute approximate surface area is 102 Å². The first kappa shape index (κ1) is 12.2. The van der Waals surface area contributed by atoms with Crippen LogP contribution >= 0.6 is 0 Å². The first-order valence-corrected chi connectivity index (χ1v) is 5.98. The van der Waals surface area contributed by atoms with Gasteiger partial charge in [-0.2, -0.15) is 0 Å². The highest BCUT2D eigenvalue weighted by Crippen LogP contribution is 2.33. The van der Waals surface area contributed by atoms with Gasteiger partial charge in [0.25, 0.3) is 0 Å². The normalized spacial score (nSPS) is 15.4. The third-order valence-electron chi connectivity index (χ3n) is 3.08. The van der Waals surface area contributed by atoms with Crippen LogP contribution in [0.25, 0.3) is 0 Å². The molecular weight excluding hydrogens is 218 g/mol. The van der Waals surface area contributed by atoms with Gasteiger partial charge in [-0.1, -0.05) is 6.07 Å². The van der Waals surface area contributed by atoms with E-state index in [4.69, 9.17) is 15.4 Å². The van der Waals surface area contributed by atoms with Gasteiger partial charge >= 0.3 is 0 Å². The fraction of sp³-hybridized carbons (Fsp3) is 0.538. The average Bonchev–Trinajstić information content (AvgIpc) is 2.31. The molecule has 0 heterocycles. The molecule has 0 bridgehead atoms. The molecule has 0 amide bonds. The molecule has 0 aromatic heterocycles. The molecule has 1 aliphatic carbocycles. The van der Waals surface area contributed by atoms with E-state index in [0.717, 1.165) is 36.3 Å². The van der Waals surface area contributed by atoms with Crippen molar-refractivity contribution in [3.8, 4) is 11.5 Å². The molecule has 1 aliphatic rings. The van der Waals surface area contributed by atoms with Gasteiger partial charge in [0.15, 0.2) is 11.5 Å². The third kappa shape index (κ3) is 3.11. The summed E-state index contributed by atoms with van der Waals surface area (Å²) in [6, 6.07) is 5.96. The monoisotopic (exact) mass is 237 g/mol. The van der Waals surface area contributed by atoms with Crippen LogP contribution < -0.4 is 15.4 Å². The van der Waals surface area contributed by atoms with Gasteiger partial charge in [-0.05, 0) is 43.4 Å². The maximum absolute atomic E-state index is 5.85. The molecule has 1 aromatic rings. The topological polar surface area (TPSA) is 53.7 Å². The Bertz CT molecular complexity index is 364. The summed E-state index contributed by atoms with van der Waals surface area (Å²) in [6.45, 7) is 0.506. The van der Waals surface area contributed by atoms with Crippen LogP contribution in [0.1, 0.15) is 24.8 Å². The molecule has 0 aliphatic heterocycles. The van der Waals surface area contributed by atoms with E-state index < -0.39 is 0 Å². The van der Waals surface area contributed by atoms with Crippen molar-refractivity contribution in [2.24, 2.45) is 5.90 Å². The average molecular weight is 237 g/mol. The molecule has 4 heteroatoms. The molecule has 2 rings (SSSR count). The van der Waals surface area contributed by atoms with Gasteiger partial charge in [-0.25, -0.2) is 5.90 Å². The van der Waals surface area contributed by atoms with Gasteiger partial charge in [-0.3, -0.25) is 0 Å². The standard InChI is InChI=1S/C13H19NO3/c1-15-13-9-10(7-8-16-14)5-6-12(13)17-11-3-2-4-11/h5-6,9,11H,2-4,7-8,14H2,1H3. The summed E-state index contributed by atoms with van der Waals surface area (Å²) in [7, 11) is 1.66. The lowest BCUT2D eigenvalue weighted by Gasteiger charge is -2.27. The molecule has 0 unspecified atom stereocenters. The number of methoxy groups -OCH3 is 1. The lowest BCUT2D eigenvalue weighted by Crippen LogP contribution is -2.24. The predicted octanol–water partition coefficient (Wildman–Crippen LogP) is 2.06. The molecule has 0 saturated heterocycles. The zero-order valence-corrected chi connectivity index (χ0v) is 10.1. The molecule has 4 nitrogen and oxygen atoms in total. The second-order valence-electron chi connectivity index (χ2n) is 4.28. The number of hydrogen-bond donors (Lipinski definition) is 1. The number of ether oxygens (including phenoxy) is 2. The van der Waals surface area contributed by atoms with Gasteiger partial charge in [0.2, 0.25) is 0 Å². The number of nitrogens with two attached hydrogens (primary N) is 1. The van der Waals surface area contributed by atoms with E-state index in [1.165, 1.54) is 6.42 Å². The predicted molar refractivity (Wildman–Crippen MR) is 65.1 cm³/mol. The quantitative estimate of drug-likeness (QED) is 0.769. The summed E-state index contributed by atoms with van der Waals surface area (Å²) in [5.41, 5.74) is 1.13. The van der Waals surface area contributed by atoms with E-state index in [2.05, 4.69) is 4.84 Å². The first-order valence-electron chi connectivity index (χ1n) is 5.98. The lowest BCUT2D eigenvalue weighted by atomic mass is 9.96. The number of rotatable bonds is 6. The molecule has 0 atom stereocenters. The molecule has 0 radical (unpaired) electrons. The number of benzene rings is 1. The van der Waals surface area contributed by atoms with Crippen molar-refractivity contribution in [1.29, 1.82) is 0 Å². The Balaban J connectivity index is 2.04. The largest absolute Gasteiger partial charge is 0.493 e. The van der Waals surface area contributed by atoms with E-state index in [1.54, 1.807) is 7.11 Å². The zero-order valence-electron chi connectivity index (χ0n) is 10.1. The summed E-state index contributed by atoms with van der Waals surface area (Å²) in [6.07, 6.45) is 4.69. The van der Waals surface area contributed by atoms with E-state index in [-0.39, 0.29) is 0 Å². The van der Waals surface area contributed by atoms with Crippen LogP contribution in [0.15, 0.2) is 18.2 Å². The van der Waals surface area contributed by atoms with E-state index in [9.17, 15) is 0 Å². The molecule has 1 fully saturated rings. The molecule has 1 saturated carbocycles. The van der Waals surface area contributed by atoms with Gasteiger partial charge in [0.05, 0.1) is 19.8 Å². The van der Waals surface area contributed by atoms with Crippen molar-refractivity contribution in [2.75, 3.05) is 13.7 Å². The minimum atomic E-state index is 0.363. The fourth-order valence-electron chi connectivity index (χ4n) is 1.81. The van der Waals surface area contributed by atoms with Crippen LogP contribution in [0, 0.1) is 0 Å². The van der Waals surface area contributed by atoms with Crippen LogP contribution in [-0.2, 0) is 11.3 Å². The van der Waals surface area contributed by atoms with Crippen molar-refractivity contribution < 1.29 is 14.3 Å². The maximum Gasteiger partial charge on any atom is 0.161 e. The Kier molecular flexibility index (Phi) is 4.23. The third-order valence-corrected chi connectivity index (χ3v) is 3.08. The smallest absolute Gasteiger partial charge is 0.161 e. The van der Waals surface area contributed by atoms with Crippen molar-refractivity contribution in [2.45, 2.75) is 31.8 Å².